The monoisotopic (exact) mass is 244 g/mol. The van der Waals surface area contributed by atoms with Crippen LogP contribution in [0.2, 0.25) is 0 Å². The second-order valence-electron chi connectivity index (χ2n) is 1.84. The van der Waals surface area contributed by atoms with E-state index in [1.54, 1.807) is 7.11 Å². The summed E-state index contributed by atoms with van der Waals surface area (Å²) in [5.41, 5.74) is 0. The average molecular weight is 243 g/mol. The van der Waals surface area contributed by atoms with Gasteiger partial charge >= 0.3 is 70.4 Å². The van der Waals surface area contributed by atoms with E-state index in [1.807, 2.05) is 24.3 Å². The van der Waals surface area contributed by atoms with Crippen LogP contribution >= 0.6 is 0 Å². The van der Waals surface area contributed by atoms with Gasteiger partial charge in [-0.05, 0) is 0 Å². The zero-order valence-electron chi connectivity index (χ0n) is 5.66. The predicted molar refractivity (Wildman–Crippen MR) is 40.6 cm³/mol. The third kappa shape index (κ3) is 1.88. The van der Waals surface area contributed by atoms with E-state index in [1.165, 1.54) is 0 Å². The summed E-state index contributed by atoms with van der Waals surface area (Å²) in [6.07, 6.45) is 0. The van der Waals surface area contributed by atoms with E-state index >= 15 is 0 Å². The molecule has 2 nitrogen and oxygen atoms in total. The second kappa shape index (κ2) is 3.83. The van der Waals surface area contributed by atoms with E-state index in [0.29, 0.717) is 0 Å². The van der Waals surface area contributed by atoms with Gasteiger partial charge in [-0.15, -0.1) is 0 Å². The van der Waals surface area contributed by atoms with Crippen molar-refractivity contribution in [2.24, 2.45) is 0 Å². The molecule has 1 aromatic carbocycles. The first-order valence-electron chi connectivity index (χ1n) is 2.91. The Morgan fingerprint density at radius 3 is 2.90 bits per heavy atom. The van der Waals surface area contributed by atoms with E-state index in [4.69, 9.17) is 8.18 Å². The first kappa shape index (κ1) is 7.88. The number of hydrogen-bond acceptors (Lipinski definition) is 2. The van der Waals surface area contributed by atoms with Crippen molar-refractivity contribution in [2.75, 3.05) is 7.11 Å². The Balaban J connectivity index is 2.87. The van der Waals surface area contributed by atoms with Crippen LogP contribution in [0.25, 0.3) is 0 Å². The van der Waals surface area contributed by atoms with Crippen molar-refractivity contribution in [3.63, 3.8) is 0 Å². The Hall–Kier alpha value is -0.221. The molecular formula is C7H8O2Sn. The third-order valence-corrected chi connectivity index (χ3v) is 2.82. The molecule has 1 rings (SSSR count). The molecule has 3 heteroatoms. The normalized spacial score (nSPS) is 9.40. The van der Waals surface area contributed by atoms with Gasteiger partial charge in [-0.25, -0.2) is 0 Å². The summed E-state index contributed by atoms with van der Waals surface area (Å²) >= 11 is -1.26. The van der Waals surface area contributed by atoms with Crippen molar-refractivity contribution in [1.29, 1.82) is 0 Å². The maximum absolute atomic E-state index is 8.87. The first-order chi connectivity index (χ1) is 4.86. The maximum atomic E-state index is 8.87. The number of methoxy groups -OCH3 is 1. The van der Waals surface area contributed by atoms with Crippen LogP contribution in [0.4, 0.5) is 0 Å². The molecule has 0 unspecified atom stereocenters. The minimum atomic E-state index is -1.26. The Bertz CT molecular complexity index is 193. The van der Waals surface area contributed by atoms with Crippen LogP contribution in [0.3, 0.4) is 0 Å². The standard InChI is InChI=1S/C7H7O.H2O.Sn/c1-8-7-5-3-2-4-6-7;;/h2-3,5-6H,1H3;1H2;/q;;+1/p-1. The summed E-state index contributed by atoms with van der Waals surface area (Å²) in [6, 6.07) is 7.57. The molecule has 0 aromatic heterocycles. The van der Waals surface area contributed by atoms with Gasteiger partial charge in [0.15, 0.2) is 0 Å². The van der Waals surface area contributed by atoms with Crippen LogP contribution in [0.15, 0.2) is 24.3 Å². The average Bonchev–Trinajstić information content (AvgIpc) is 2.05. The number of ether oxygens (including phenoxy) is 1. The van der Waals surface area contributed by atoms with Gasteiger partial charge in [-0.3, -0.25) is 0 Å². The fourth-order valence-corrected chi connectivity index (χ4v) is 1.77. The number of rotatable bonds is 2. The molecule has 1 N–H and O–H groups in total. The summed E-state index contributed by atoms with van der Waals surface area (Å²) in [6.45, 7) is 0. The van der Waals surface area contributed by atoms with E-state index < -0.39 is 21.6 Å². The molecule has 0 bridgehead atoms. The molecular weight excluding hydrogens is 235 g/mol. The molecule has 0 amide bonds. The van der Waals surface area contributed by atoms with Gasteiger partial charge < -0.3 is 0 Å². The Labute approximate surface area is 70.6 Å². The van der Waals surface area contributed by atoms with E-state index in [0.717, 1.165) is 9.33 Å². The molecule has 10 heavy (non-hydrogen) atoms. The van der Waals surface area contributed by atoms with Crippen LogP contribution in [-0.4, -0.2) is 32.1 Å². The van der Waals surface area contributed by atoms with Crippen molar-refractivity contribution in [2.45, 2.75) is 0 Å². The summed E-state index contributed by atoms with van der Waals surface area (Å²) in [4.78, 5) is 0. The summed E-state index contributed by atoms with van der Waals surface area (Å²) < 4.78 is 14.9. The van der Waals surface area contributed by atoms with Gasteiger partial charge in [0.2, 0.25) is 0 Å². The Morgan fingerprint density at radius 2 is 2.30 bits per heavy atom. The van der Waals surface area contributed by atoms with Crippen LogP contribution in [0.5, 0.6) is 5.75 Å². The zero-order valence-corrected chi connectivity index (χ0v) is 8.52. The quantitative estimate of drug-likeness (QED) is 0.736. The molecule has 52 valence electrons. The van der Waals surface area contributed by atoms with Crippen LogP contribution in [0.1, 0.15) is 0 Å². The topological polar surface area (TPSA) is 29.5 Å². The zero-order chi connectivity index (χ0) is 7.40. The van der Waals surface area contributed by atoms with Crippen LogP contribution in [-0.2, 0) is 0 Å². The molecule has 0 saturated heterocycles. The van der Waals surface area contributed by atoms with Crippen molar-refractivity contribution in [3.8, 4) is 5.75 Å². The fourth-order valence-electron chi connectivity index (χ4n) is 0.693. The van der Waals surface area contributed by atoms with Gasteiger partial charge in [0.1, 0.15) is 0 Å². The molecule has 0 heterocycles. The molecule has 0 spiro atoms. The summed E-state index contributed by atoms with van der Waals surface area (Å²) in [7, 11) is 1.63. The molecule has 0 atom stereocenters. The van der Waals surface area contributed by atoms with Gasteiger partial charge in [-0.2, -0.15) is 0 Å². The number of hydrogen-bond donors (Lipinski definition) is 1. The van der Waals surface area contributed by atoms with Gasteiger partial charge in [0, 0.05) is 0 Å². The molecule has 0 aliphatic heterocycles. The van der Waals surface area contributed by atoms with E-state index in [-0.39, 0.29) is 0 Å². The van der Waals surface area contributed by atoms with Gasteiger partial charge in [0.25, 0.3) is 0 Å². The van der Waals surface area contributed by atoms with Gasteiger partial charge in [0.05, 0.1) is 0 Å². The first-order valence-corrected chi connectivity index (χ1v) is 5.61. The van der Waals surface area contributed by atoms with Crippen LogP contribution in [0, 0.1) is 0 Å². The van der Waals surface area contributed by atoms with E-state index in [9.17, 15) is 0 Å². The molecule has 0 aliphatic rings. The second-order valence-corrected chi connectivity index (χ2v) is 4.13. The van der Waals surface area contributed by atoms with Crippen molar-refractivity contribution in [1.82, 2.24) is 0 Å². The third-order valence-electron chi connectivity index (χ3n) is 1.20. The summed E-state index contributed by atoms with van der Waals surface area (Å²) in [5, 5.41) is 0. The molecule has 0 fully saturated rings. The molecule has 2 radical (unpaired) electrons. The van der Waals surface area contributed by atoms with Crippen LogP contribution < -0.4 is 8.32 Å². The minimum absolute atomic E-state index is 0.826. The van der Waals surface area contributed by atoms with Crippen molar-refractivity contribution in [3.05, 3.63) is 24.3 Å². The van der Waals surface area contributed by atoms with E-state index in [2.05, 4.69) is 0 Å². The fraction of sp³-hybridized carbons (Fsp3) is 0.143. The molecule has 1 aromatic rings. The molecule has 0 aliphatic carbocycles. The van der Waals surface area contributed by atoms with Gasteiger partial charge in [-0.1, -0.05) is 0 Å². The van der Waals surface area contributed by atoms with Crippen molar-refractivity contribution >= 4 is 25.1 Å². The predicted octanol–water partition coefficient (Wildman–Crippen LogP) is -0.0680. The summed E-state index contributed by atoms with van der Waals surface area (Å²) in [5.74, 6) is 0.826. The molecule has 0 saturated carbocycles. The van der Waals surface area contributed by atoms with Crippen molar-refractivity contribution < 1.29 is 8.18 Å². The number of benzene rings is 1. The Morgan fingerprint density at radius 1 is 1.50 bits per heavy atom. The Kier molecular flexibility index (Phi) is 3.02. The SMILES string of the molecule is COc1ccc[c]([Sn][OH])c1.